The molecule has 154 valence electrons. The second kappa shape index (κ2) is 9.71. The summed E-state index contributed by atoms with van der Waals surface area (Å²) >= 11 is 0. The number of piperidine rings is 1. The average Bonchev–Trinajstić information content (AvgIpc) is 2.74. The molecule has 2 N–H and O–H groups in total. The average molecular weight is 396 g/mol. The highest BCUT2D eigenvalue weighted by Crippen LogP contribution is 2.28. The van der Waals surface area contributed by atoms with Gasteiger partial charge in [-0.25, -0.2) is 4.98 Å². The maximum absolute atomic E-state index is 12.5. The number of hydrogen-bond acceptors (Lipinski definition) is 6. The third kappa shape index (κ3) is 5.46. The van der Waals surface area contributed by atoms with E-state index in [2.05, 4.69) is 26.6 Å². The lowest BCUT2D eigenvalue weighted by atomic mass is 9.96. The molecule has 1 fully saturated rings. The van der Waals surface area contributed by atoms with Crippen molar-refractivity contribution >= 4 is 17.4 Å². The number of carbonyl (C=O) groups excluding carboxylic acids is 1. The molecule has 7 heteroatoms. The van der Waals surface area contributed by atoms with Crippen molar-refractivity contribution < 1.29 is 14.3 Å². The first-order valence-electron chi connectivity index (χ1n) is 10.3. The van der Waals surface area contributed by atoms with Gasteiger partial charge in [-0.1, -0.05) is 6.07 Å². The van der Waals surface area contributed by atoms with Crippen molar-refractivity contribution in [3.05, 3.63) is 48.2 Å². The summed E-state index contributed by atoms with van der Waals surface area (Å²) in [6.07, 6.45) is 3.73. The van der Waals surface area contributed by atoms with Crippen LogP contribution in [0.5, 0.6) is 5.75 Å². The Morgan fingerprint density at radius 3 is 3.03 bits per heavy atom. The van der Waals surface area contributed by atoms with Crippen molar-refractivity contribution in [2.75, 3.05) is 44.8 Å². The fraction of sp³-hybridized carbons (Fsp3) is 0.455. The fourth-order valence-electron chi connectivity index (χ4n) is 3.86. The molecule has 2 aliphatic heterocycles. The van der Waals surface area contributed by atoms with Crippen LogP contribution in [0.2, 0.25) is 0 Å². The van der Waals surface area contributed by atoms with Crippen LogP contribution in [0.15, 0.2) is 42.6 Å². The van der Waals surface area contributed by atoms with Gasteiger partial charge in [-0.2, -0.15) is 0 Å². The lowest BCUT2D eigenvalue weighted by molar-refractivity contribution is -0.127. The topological polar surface area (TPSA) is 75.7 Å². The number of ether oxygens (including phenoxy) is 2. The van der Waals surface area contributed by atoms with E-state index in [1.54, 1.807) is 6.20 Å². The van der Waals surface area contributed by atoms with Gasteiger partial charge in [0.1, 0.15) is 18.2 Å². The van der Waals surface area contributed by atoms with Gasteiger partial charge in [-0.05, 0) is 49.7 Å². The van der Waals surface area contributed by atoms with Crippen molar-refractivity contribution in [2.45, 2.75) is 19.4 Å². The minimum atomic E-state index is 0.0332. The number of anilines is 2. The summed E-state index contributed by atoms with van der Waals surface area (Å²) < 4.78 is 11.6. The molecule has 1 aromatic carbocycles. The van der Waals surface area contributed by atoms with Gasteiger partial charge in [-0.15, -0.1) is 0 Å². The third-order valence-electron chi connectivity index (χ3n) is 5.30. The normalized spacial score (nSPS) is 23.1. The number of benzene rings is 1. The van der Waals surface area contributed by atoms with E-state index in [1.807, 2.05) is 30.3 Å². The minimum Gasteiger partial charge on any atom is -0.491 e. The molecule has 1 amide bonds. The Bertz CT molecular complexity index is 815. The number of amides is 1. The van der Waals surface area contributed by atoms with E-state index in [1.165, 1.54) is 0 Å². The second-order valence-electron chi connectivity index (χ2n) is 7.49. The van der Waals surface area contributed by atoms with Crippen LogP contribution < -0.4 is 15.4 Å². The maximum Gasteiger partial charge on any atom is 0.224 e. The molecule has 0 radical (unpaired) electrons. The van der Waals surface area contributed by atoms with Crippen LogP contribution in [-0.2, 0) is 16.1 Å². The van der Waals surface area contributed by atoms with E-state index >= 15 is 0 Å². The summed E-state index contributed by atoms with van der Waals surface area (Å²) in [4.78, 5) is 19.1. The maximum atomic E-state index is 12.5. The summed E-state index contributed by atoms with van der Waals surface area (Å²) in [7, 11) is 0. The molecule has 0 spiro atoms. The highest BCUT2D eigenvalue weighted by molar-refractivity contribution is 5.78. The zero-order valence-corrected chi connectivity index (χ0v) is 16.6. The molecule has 1 saturated heterocycles. The first-order chi connectivity index (χ1) is 14.3. The van der Waals surface area contributed by atoms with E-state index in [9.17, 15) is 4.79 Å². The SMILES string of the molecule is O=C1NCCOCCOc2ccc(Nc3ccccn3)cc2CN2CCCC1C2. The van der Waals surface area contributed by atoms with Crippen molar-refractivity contribution in [3.8, 4) is 5.75 Å². The van der Waals surface area contributed by atoms with Crippen molar-refractivity contribution in [2.24, 2.45) is 5.92 Å². The molecular weight excluding hydrogens is 368 g/mol. The van der Waals surface area contributed by atoms with Gasteiger partial charge in [-0.3, -0.25) is 9.69 Å². The quantitative estimate of drug-likeness (QED) is 0.813. The molecule has 29 heavy (non-hydrogen) atoms. The molecule has 0 aliphatic carbocycles. The predicted molar refractivity (Wildman–Crippen MR) is 111 cm³/mol. The van der Waals surface area contributed by atoms with Crippen molar-refractivity contribution in [1.29, 1.82) is 0 Å². The summed E-state index contributed by atoms with van der Waals surface area (Å²) in [5.41, 5.74) is 2.07. The van der Waals surface area contributed by atoms with E-state index in [-0.39, 0.29) is 11.8 Å². The van der Waals surface area contributed by atoms with Crippen LogP contribution in [0.4, 0.5) is 11.5 Å². The Morgan fingerprint density at radius 1 is 1.17 bits per heavy atom. The summed E-state index contributed by atoms with van der Waals surface area (Å²) in [5.74, 6) is 1.84. The van der Waals surface area contributed by atoms with Gasteiger partial charge < -0.3 is 20.1 Å². The predicted octanol–water partition coefficient (Wildman–Crippen LogP) is 2.56. The number of nitrogens with one attached hydrogen (secondary N) is 2. The summed E-state index contributed by atoms with van der Waals surface area (Å²) in [6, 6.07) is 11.9. The van der Waals surface area contributed by atoms with Crippen LogP contribution in [0.3, 0.4) is 0 Å². The van der Waals surface area contributed by atoms with Crippen LogP contribution in [0.1, 0.15) is 18.4 Å². The molecule has 2 unspecified atom stereocenters. The smallest absolute Gasteiger partial charge is 0.224 e. The number of hydrogen-bond donors (Lipinski definition) is 2. The lowest BCUT2D eigenvalue weighted by Crippen LogP contribution is -2.43. The number of fused-ring (bicyclic) bond motifs is 3. The first kappa shape index (κ1) is 19.7. The molecule has 3 heterocycles. The molecule has 2 atom stereocenters. The number of nitrogens with zero attached hydrogens (tertiary/aromatic N) is 2. The van der Waals surface area contributed by atoms with Gasteiger partial charge in [0.2, 0.25) is 5.91 Å². The van der Waals surface area contributed by atoms with Crippen molar-refractivity contribution in [1.82, 2.24) is 15.2 Å². The first-order valence-corrected chi connectivity index (χ1v) is 10.3. The van der Waals surface area contributed by atoms with Gasteiger partial charge in [0, 0.05) is 37.1 Å². The van der Waals surface area contributed by atoms with E-state index in [0.717, 1.165) is 55.3 Å². The number of carbonyl (C=O) groups is 1. The minimum absolute atomic E-state index is 0.0332. The summed E-state index contributed by atoms with van der Waals surface area (Å²) in [5, 5.41) is 6.35. The molecular formula is C22H28N4O3. The largest absolute Gasteiger partial charge is 0.491 e. The zero-order valence-electron chi connectivity index (χ0n) is 16.6. The molecule has 7 nitrogen and oxygen atoms in total. The van der Waals surface area contributed by atoms with Crippen LogP contribution >= 0.6 is 0 Å². The Balaban J connectivity index is 1.55. The standard InChI is InChI=1S/C22H28N4O3/c27-22-17-4-3-10-26(15-17)16-18-14-19(25-21-5-1-2-8-23-21)6-7-20(18)29-13-12-28-11-9-24-22/h1-2,5-8,14,17H,3-4,9-13,15-16H2,(H,23,25)(H,24,27). The summed E-state index contributed by atoms with van der Waals surface area (Å²) in [6.45, 7) is 4.54. The Kier molecular flexibility index (Phi) is 6.59. The zero-order chi connectivity index (χ0) is 19.9. The molecule has 0 saturated carbocycles. The number of aromatic nitrogens is 1. The van der Waals surface area contributed by atoms with Crippen LogP contribution in [-0.4, -0.2) is 55.2 Å². The van der Waals surface area contributed by atoms with Gasteiger partial charge >= 0.3 is 0 Å². The van der Waals surface area contributed by atoms with Gasteiger partial charge in [0.25, 0.3) is 0 Å². The number of pyridine rings is 1. The van der Waals surface area contributed by atoms with E-state index < -0.39 is 0 Å². The third-order valence-corrected chi connectivity index (χ3v) is 5.30. The van der Waals surface area contributed by atoms with Crippen LogP contribution in [0, 0.1) is 5.92 Å². The Hall–Kier alpha value is -2.64. The monoisotopic (exact) mass is 396 g/mol. The Labute approximate surface area is 171 Å². The number of rotatable bonds is 2. The lowest BCUT2D eigenvalue weighted by Gasteiger charge is -2.32. The van der Waals surface area contributed by atoms with Crippen molar-refractivity contribution in [3.63, 3.8) is 0 Å². The second-order valence-corrected chi connectivity index (χ2v) is 7.49. The van der Waals surface area contributed by atoms with Crippen LogP contribution in [0.25, 0.3) is 0 Å². The van der Waals surface area contributed by atoms with E-state index in [4.69, 9.17) is 9.47 Å². The molecule has 2 aromatic rings. The molecule has 4 rings (SSSR count). The fourth-order valence-corrected chi connectivity index (χ4v) is 3.86. The molecule has 2 bridgehead atoms. The molecule has 1 aromatic heterocycles. The van der Waals surface area contributed by atoms with Gasteiger partial charge in [0.15, 0.2) is 0 Å². The Morgan fingerprint density at radius 2 is 2.14 bits per heavy atom. The van der Waals surface area contributed by atoms with E-state index in [0.29, 0.717) is 26.4 Å². The highest BCUT2D eigenvalue weighted by Gasteiger charge is 2.26. The molecule has 2 aliphatic rings. The van der Waals surface area contributed by atoms with Gasteiger partial charge in [0.05, 0.1) is 19.1 Å². The highest BCUT2D eigenvalue weighted by atomic mass is 16.5.